The Morgan fingerprint density at radius 3 is 2.60 bits per heavy atom. The first-order chi connectivity index (χ1) is 9.45. The maximum atomic E-state index is 13.1. The van der Waals surface area contributed by atoms with E-state index in [1.165, 1.54) is 23.8 Å². The van der Waals surface area contributed by atoms with E-state index >= 15 is 0 Å². The van der Waals surface area contributed by atoms with E-state index in [4.69, 9.17) is 5.73 Å². The van der Waals surface area contributed by atoms with Crippen LogP contribution in [0.1, 0.15) is 16.7 Å². The van der Waals surface area contributed by atoms with Gasteiger partial charge in [0, 0.05) is 0 Å². The van der Waals surface area contributed by atoms with Gasteiger partial charge in [0.2, 0.25) is 5.91 Å². The minimum absolute atomic E-state index is 0.217. The van der Waals surface area contributed by atoms with Crippen molar-refractivity contribution < 1.29 is 9.18 Å². The number of amides is 1. The van der Waals surface area contributed by atoms with Gasteiger partial charge in [-0.2, -0.15) is 0 Å². The zero-order chi connectivity index (χ0) is 14.7. The first kappa shape index (κ1) is 14.1. The van der Waals surface area contributed by atoms with Crippen molar-refractivity contribution in [2.24, 2.45) is 0 Å². The smallest absolute Gasteiger partial charge is 0.228 e. The lowest BCUT2D eigenvalue weighted by molar-refractivity contribution is -0.115. The number of benzene rings is 2. The highest BCUT2D eigenvalue weighted by molar-refractivity contribution is 5.95. The molecule has 0 spiro atoms. The Bertz CT molecular complexity index is 653. The molecule has 4 heteroatoms. The van der Waals surface area contributed by atoms with Gasteiger partial charge in [0.1, 0.15) is 5.82 Å². The molecule has 0 aliphatic rings. The van der Waals surface area contributed by atoms with E-state index in [1.54, 1.807) is 0 Å². The maximum Gasteiger partial charge on any atom is 0.228 e. The molecule has 0 aromatic heterocycles. The SMILES string of the molecule is Cc1ccc(CC(=O)Nc2cc(F)ccc2N)cc1C. The average molecular weight is 272 g/mol. The predicted octanol–water partition coefficient (Wildman–Crippen LogP) is 3.21. The highest BCUT2D eigenvalue weighted by Gasteiger charge is 2.08. The van der Waals surface area contributed by atoms with E-state index in [9.17, 15) is 9.18 Å². The fraction of sp³-hybridized carbons (Fsp3) is 0.188. The van der Waals surface area contributed by atoms with Gasteiger partial charge in [0.05, 0.1) is 17.8 Å². The quantitative estimate of drug-likeness (QED) is 0.843. The summed E-state index contributed by atoms with van der Waals surface area (Å²) < 4.78 is 13.1. The molecule has 2 rings (SSSR count). The van der Waals surface area contributed by atoms with E-state index in [0.717, 1.165) is 11.1 Å². The summed E-state index contributed by atoms with van der Waals surface area (Å²) in [4.78, 5) is 12.0. The summed E-state index contributed by atoms with van der Waals surface area (Å²) in [7, 11) is 0. The predicted molar refractivity (Wildman–Crippen MR) is 79.1 cm³/mol. The van der Waals surface area contributed by atoms with Gasteiger partial charge in [-0.1, -0.05) is 18.2 Å². The fourth-order valence-electron chi connectivity index (χ4n) is 1.93. The van der Waals surface area contributed by atoms with E-state index in [0.29, 0.717) is 11.4 Å². The van der Waals surface area contributed by atoms with E-state index in [-0.39, 0.29) is 12.3 Å². The Balaban J connectivity index is 2.09. The molecule has 0 heterocycles. The van der Waals surface area contributed by atoms with Crippen molar-refractivity contribution in [3.63, 3.8) is 0 Å². The van der Waals surface area contributed by atoms with Crippen molar-refractivity contribution in [3.05, 3.63) is 58.9 Å². The number of carbonyl (C=O) groups is 1. The van der Waals surface area contributed by atoms with E-state index in [1.807, 2.05) is 32.0 Å². The molecule has 1 amide bonds. The van der Waals surface area contributed by atoms with Gasteiger partial charge >= 0.3 is 0 Å². The van der Waals surface area contributed by atoms with Crippen LogP contribution in [-0.4, -0.2) is 5.91 Å². The van der Waals surface area contributed by atoms with Gasteiger partial charge in [-0.05, 0) is 48.7 Å². The molecule has 104 valence electrons. The van der Waals surface area contributed by atoms with Gasteiger partial charge in [0.25, 0.3) is 0 Å². The Morgan fingerprint density at radius 2 is 1.90 bits per heavy atom. The molecule has 2 aromatic rings. The number of carbonyl (C=O) groups excluding carboxylic acids is 1. The largest absolute Gasteiger partial charge is 0.397 e. The third-order valence-corrected chi connectivity index (χ3v) is 3.23. The van der Waals surface area contributed by atoms with Crippen molar-refractivity contribution >= 4 is 17.3 Å². The second-order valence-electron chi connectivity index (χ2n) is 4.88. The van der Waals surface area contributed by atoms with Crippen molar-refractivity contribution in [1.82, 2.24) is 0 Å². The molecule has 3 N–H and O–H groups in total. The first-order valence-corrected chi connectivity index (χ1v) is 6.36. The molecule has 0 saturated heterocycles. The number of halogens is 1. The van der Waals surface area contributed by atoms with Crippen molar-refractivity contribution in [3.8, 4) is 0 Å². The number of nitrogens with one attached hydrogen (secondary N) is 1. The number of anilines is 2. The summed E-state index contributed by atoms with van der Waals surface area (Å²) in [5, 5.41) is 2.63. The lowest BCUT2D eigenvalue weighted by atomic mass is 10.0. The normalized spacial score (nSPS) is 10.3. The Kier molecular flexibility index (Phi) is 4.03. The molecule has 0 saturated carbocycles. The van der Waals surface area contributed by atoms with Crippen LogP contribution in [0.4, 0.5) is 15.8 Å². The average Bonchev–Trinajstić information content (AvgIpc) is 2.38. The van der Waals surface area contributed by atoms with Crippen LogP contribution in [0.5, 0.6) is 0 Å². The third kappa shape index (κ3) is 3.35. The van der Waals surface area contributed by atoms with Gasteiger partial charge in [0.15, 0.2) is 0 Å². The summed E-state index contributed by atoms with van der Waals surface area (Å²) in [6.45, 7) is 4.02. The van der Waals surface area contributed by atoms with Crippen LogP contribution in [0, 0.1) is 19.7 Å². The Morgan fingerprint density at radius 1 is 1.15 bits per heavy atom. The number of rotatable bonds is 3. The van der Waals surface area contributed by atoms with Crippen LogP contribution in [0.2, 0.25) is 0 Å². The fourth-order valence-corrected chi connectivity index (χ4v) is 1.93. The van der Waals surface area contributed by atoms with Crippen molar-refractivity contribution in [2.45, 2.75) is 20.3 Å². The summed E-state index contributed by atoms with van der Waals surface area (Å²) in [6.07, 6.45) is 0.233. The molecular weight excluding hydrogens is 255 g/mol. The van der Waals surface area contributed by atoms with Gasteiger partial charge in [-0.3, -0.25) is 4.79 Å². The molecule has 3 nitrogen and oxygen atoms in total. The molecule has 0 atom stereocenters. The Hall–Kier alpha value is -2.36. The van der Waals surface area contributed by atoms with Crippen LogP contribution in [0.3, 0.4) is 0 Å². The summed E-state index contributed by atoms with van der Waals surface area (Å²) >= 11 is 0. The first-order valence-electron chi connectivity index (χ1n) is 6.36. The van der Waals surface area contributed by atoms with Crippen LogP contribution in [0.25, 0.3) is 0 Å². The molecule has 0 bridgehead atoms. The standard InChI is InChI=1S/C16H17FN2O/c1-10-3-4-12(7-11(10)2)8-16(20)19-15-9-13(17)5-6-14(15)18/h3-7,9H,8,18H2,1-2H3,(H,19,20). The number of nitrogen functional groups attached to an aromatic ring is 1. The van der Waals surface area contributed by atoms with Crippen molar-refractivity contribution in [1.29, 1.82) is 0 Å². The van der Waals surface area contributed by atoms with E-state index in [2.05, 4.69) is 5.32 Å². The zero-order valence-corrected chi connectivity index (χ0v) is 11.5. The van der Waals surface area contributed by atoms with Crippen LogP contribution in [-0.2, 0) is 11.2 Å². The third-order valence-electron chi connectivity index (χ3n) is 3.23. The second-order valence-corrected chi connectivity index (χ2v) is 4.88. The molecule has 0 aliphatic heterocycles. The molecular formula is C16H17FN2O. The Labute approximate surface area is 117 Å². The number of aryl methyl sites for hydroxylation is 2. The molecule has 0 radical (unpaired) electrons. The summed E-state index contributed by atoms with van der Waals surface area (Å²) in [6, 6.07) is 9.78. The lowest BCUT2D eigenvalue weighted by Gasteiger charge is -2.09. The second kappa shape index (κ2) is 5.74. The number of hydrogen-bond acceptors (Lipinski definition) is 2. The molecule has 2 aromatic carbocycles. The minimum atomic E-state index is -0.430. The highest BCUT2D eigenvalue weighted by Crippen LogP contribution is 2.19. The highest BCUT2D eigenvalue weighted by atomic mass is 19.1. The number of nitrogens with two attached hydrogens (primary N) is 1. The zero-order valence-electron chi connectivity index (χ0n) is 11.5. The monoisotopic (exact) mass is 272 g/mol. The van der Waals surface area contributed by atoms with E-state index < -0.39 is 5.82 Å². The van der Waals surface area contributed by atoms with Crippen LogP contribution in [0.15, 0.2) is 36.4 Å². The van der Waals surface area contributed by atoms with Crippen LogP contribution >= 0.6 is 0 Å². The lowest BCUT2D eigenvalue weighted by Crippen LogP contribution is -2.15. The van der Waals surface area contributed by atoms with Gasteiger partial charge in [-0.25, -0.2) is 4.39 Å². The van der Waals surface area contributed by atoms with Crippen molar-refractivity contribution in [2.75, 3.05) is 11.1 Å². The minimum Gasteiger partial charge on any atom is -0.397 e. The molecule has 0 unspecified atom stereocenters. The molecule has 0 aliphatic carbocycles. The van der Waals surface area contributed by atoms with Gasteiger partial charge in [-0.15, -0.1) is 0 Å². The van der Waals surface area contributed by atoms with Gasteiger partial charge < -0.3 is 11.1 Å². The number of hydrogen-bond donors (Lipinski definition) is 2. The maximum absolute atomic E-state index is 13.1. The summed E-state index contributed by atoms with van der Waals surface area (Å²) in [5.74, 6) is -0.647. The van der Waals surface area contributed by atoms with Crippen LogP contribution < -0.4 is 11.1 Å². The topological polar surface area (TPSA) is 55.1 Å². The molecule has 20 heavy (non-hydrogen) atoms. The summed E-state index contributed by atoms with van der Waals surface area (Å²) in [5.41, 5.74) is 9.59. The molecule has 0 fully saturated rings.